The van der Waals surface area contributed by atoms with Gasteiger partial charge in [-0.15, -0.1) is 0 Å². The third kappa shape index (κ3) is 5.70. The van der Waals surface area contributed by atoms with Crippen molar-refractivity contribution in [1.29, 1.82) is 0 Å². The van der Waals surface area contributed by atoms with Gasteiger partial charge in [-0.3, -0.25) is 4.90 Å². The molecule has 19 heavy (non-hydrogen) atoms. The van der Waals surface area contributed by atoms with Crippen molar-refractivity contribution < 1.29 is 0 Å². The summed E-state index contributed by atoms with van der Waals surface area (Å²) < 4.78 is 0. The van der Waals surface area contributed by atoms with Crippen LogP contribution in [0, 0.1) is 5.41 Å². The molecule has 0 N–H and O–H groups in total. The van der Waals surface area contributed by atoms with E-state index in [-0.39, 0.29) is 0 Å². The van der Waals surface area contributed by atoms with Gasteiger partial charge < -0.3 is 9.80 Å². The minimum atomic E-state index is 0.478. The lowest BCUT2D eigenvalue weighted by Gasteiger charge is -2.41. The van der Waals surface area contributed by atoms with Crippen LogP contribution < -0.4 is 0 Å². The smallest absolute Gasteiger partial charge is 0.0110 e. The molecule has 1 rings (SSSR count). The lowest BCUT2D eigenvalue weighted by Crippen LogP contribution is -2.51. The Kier molecular flexibility index (Phi) is 7.88. The van der Waals surface area contributed by atoms with Crippen molar-refractivity contribution in [3.63, 3.8) is 0 Å². The summed E-state index contributed by atoms with van der Waals surface area (Å²) in [6, 6.07) is 0. The molecular weight excluding hydrogens is 302 g/mol. The van der Waals surface area contributed by atoms with Gasteiger partial charge in [0.15, 0.2) is 0 Å². The number of piperazine rings is 1. The summed E-state index contributed by atoms with van der Waals surface area (Å²) in [5.41, 5.74) is 0.478. The Morgan fingerprint density at radius 2 is 1.53 bits per heavy atom. The summed E-state index contributed by atoms with van der Waals surface area (Å²) >= 11 is 3.73. The summed E-state index contributed by atoms with van der Waals surface area (Å²) in [5, 5.41) is 1.13. The van der Waals surface area contributed by atoms with Gasteiger partial charge in [-0.25, -0.2) is 0 Å². The van der Waals surface area contributed by atoms with Crippen LogP contribution in [0.1, 0.15) is 26.7 Å². The number of alkyl halides is 1. The summed E-state index contributed by atoms with van der Waals surface area (Å²) in [7, 11) is 4.31. The Bertz CT molecular complexity index is 225. The van der Waals surface area contributed by atoms with Crippen LogP contribution in [0.3, 0.4) is 0 Å². The van der Waals surface area contributed by atoms with Crippen LogP contribution in [-0.4, -0.2) is 79.9 Å². The maximum Gasteiger partial charge on any atom is 0.0110 e. The maximum atomic E-state index is 3.73. The van der Waals surface area contributed by atoms with E-state index in [1.807, 2.05) is 0 Å². The third-order valence-corrected chi connectivity index (χ3v) is 5.86. The quantitative estimate of drug-likeness (QED) is 0.631. The van der Waals surface area contributed by atoms with Crippen molar-refractivity contribution in [3.05, 3.63) is 0 Å². The Morgan fingerprint density at radius 1 is 1.00 bits per heavy atom. The first-order chi connectivity index (χ1) is 9.05. The first kappa shape index (κ1) is 17.4. The number of halogens is 1. The fourth-order valence-electron chi connectivity index (χ4n) is 2.69. The average Bonchev–Trinajstić information content (AvgIpc) is 2.44. The van der Waals surface area contributed by atoms with Gasteiger partial charge in [0.2, 0.25) is 0 Å². The van der Waals surface area contributed by atoms with E-state index in [1.54, 1.807) is 0 Å². The van der Waals surface area contributed by atoms with E-state index < -0.39 is 0 Å². The Hall–Kier alpha value is 0.360. The molecule has 0 amide bonds. The number of rotatable bonds is 8. The van der Waals surface area contributed by atoms with Crippen LogP contribution in [0.2, 0.25) is 0 Å². The molecule has 0 bridgehead atoms. The highest BCUT2D eigenvalue weighted by Gasteiger charge is 2.29. The summed E-state index contributed by atoms with van der Waals surface area (Å²) in [5.74, 6) is 0. The molecule has 0 atom stereocenters. The Labute approximate surface area is 128 Å². The third-order valence-electron chi connectivity index (χ3n) is 4.67. The van der Waals surface area contributed by atoms with Crippen LogP contribution in [0.25, 0.3) is 0 Å². The molecule has 1 heterocycles. The van der Waals surface area contributed by atoms with Gasteiger partial charge in [-0.1, -0.05) is 29.8 Å². The van der Waals surface area contributed by atoms with E-state index in [9.17, 15) is 0 Å². The van der Waals surface area contributed by atoms with E-state index in [0.717, 1.165) is 5.33 Å². The van der Waals surface area contributed by atoms with E-state index in [0.29, 0.717) is 5.41 Å². The van der Waals surface area contributed by atoms with Gasteiger partial charge in [0.25, 0.3) is 0 Å². The maximum absolute atomic E-state index is 3.73. The highest BCUT2D eigenvalue weighted by molar-refractivity contribution is 9.09. The van der Waals surface area contributed by atoms with Crippen LogP contribution in [0.5, 0.6) is 0 Å². The van der Waals surface area contributed by atoms with Crippen LogP contribution in [-0.2, 0) is 0 Å². The van der Waals surface area contributed by atoms with Crippen molar-refractivity contribution in [2.45, 2.75) is 26.7 Å². The molecule has 0 unspecified atom stereocenters. The average molecular weight is 334 g/mol. The summed E-state index contributed by atoms with van der Waals surface area (Å²) in [6.07, 6.45) is 2.55. The molecule has 114 valence electrons. The van der Waals surface area contributed by atoms with E-state index in [4.69, 9.17) is 0 Å². The molecule has 0 aromatic heterocycles. The number of nitrogens with zero attached hydrogens (tertiary/aromatic N) is 3. The SMILES string of the molecule is CCC(CC)(CBr)CN1CCN(CCN(C)C)CC1. The van der Waals surface area contributed by atoms with Crippen LogP contribution >= 0.6 is 15.9 Å². The molecule has 1 saturated heterocycles. The number of likely N-dealkylation sites (N-methyl/N-ethyl adjacent to an activating group) is 1. The zero-order valence-electron chi connectivity index (χ0n) is 13.3. The molecule has 0 spiro atoms. The highest BCUT2D eigenvalue weighted by atomic mass is 79.9. The predicted molar refractivity (Wildman–Crippen MR) is 88.2 cm³/mol. The Balaban J connectivity index is 2.33. The minimum Gasteiger partial charge on any atom is -0.308 e. The van der Waals surface area contributed by atoms with Crippen molar-refractivity contribution >= 4 is 15.9 Å². The summed E-state index contributed by atoms with van der Waals surface area (Å²) in [6.45, 7) is 13.3. The minimum absolute atomic E-state index is 0.478. The van der Waals surface area contributed by atoms with Gasteiger partial charge >= 0.3 is 0 Å². The predicted octanol–water partition coefficient (Wildman–Crippen LogP) is 2.37. The molecule has 1 aliphatic rings. The molecular formula is C15H32BrN3. The largest absolute Gasteiger partial charge is 0.308 e. The molecule has 0 aromatic rings. The monoisotopic (exact) mass is 333 g/mol. The highest BCUT2D eigenvalue weighted by Crippen LogP contribution is 2.30. The van der Waals surface area contributed by atoms with Gasteiger partial charge in [-0.05, 0) is 32.4 Å². The lowest BCUT2D eigenvalue weighted by molar-refractivity contribution is 0.0859. The second-order valence-electron chi connectivity index (χ2n) is 6.26. The van der Waals surface area contributed by atoms with E-state index >= 15 is 0 Å². The van der Waals surface area contributed by atoms with Crippen molar-refractivity contribution in [2.75, 3.05) is 65.2 Å². The number of hydrogen-bond acceptors (Lipinski definition) is 3. The normalized spacial score (nSPS) is 19.3. The molecule has 0 aliphatic carbocycles. The molecule has 0 aromatic carbocycles. The molecule has 0 saturated carbocycles. The fourth-order valence-corrected chi connectivity index (χ4v) is 3.66. The zero-order chi connectivity index (χ0) is 14.3. The van der Waals surface area contributed by atoms with Gasteiger partial charge in [-0.2, -0.15) is 0 Å². The van der Waals surface area contributed by atoms with Crippen molar-refractivity contribution in [2.24, 2.45) is 5.41 Å². The molecule has 3 nitrogen and oxygen atoms in total. The molecule has 1 aliphatic heterocycles. The first-order valence-corrected chi connectivity index (χ1v) is 8.83. The van der Waals surface area contributed by atoms with Crippen LogP contribution in [0.15, 0.2) is 0 Å². The second-order valence-corrected chi connectivity index (χ2v) is 6.82. The molecule has 4 heteroatoms. The van der Waals surface area contributed by atoms with E-state index in [1.165, 1.54) is 58.7 Å². The standard InChI is InChI=1S/C15H32BrN3/c1-5-15(6-2,13-16)14-19-11-9-18(10-12-19)8-7-17(3)4/h5-14H2,1-4H3. The Morgan fingerprint density at radius 3 is 1.95 bits per heavy atom. The van der Waals surface area contributed by atoms with Gasteiger partial charge in [0, 0.05) is 51.1 Å². The topological polar surface area (TPSA) is 9.72 Å². The van der Waals surface area contributed by atoms with Gasteiger partial charge in [0.05, 0.1) is 0 Å². The zero-order valence-corrected chi connectivity index (χ0v) is 14.9. The van der Waals surface area contributed by atoms with E-state index in [2.05, 4.69) is 58.6 Å². The van der Waals surface area contributed by atoms with Crippen LogP contribution in [0.4, 0.5) is 0 Å². The second kappa shape index (κ2) is 8.60. The molecule has 0 radical (unpaired) electrons. The fraction of sp³-hybridized carbons (Fsp3) is 1.00. The summed E-state index contributed by atoms with van der Waals surface area (Å²) in [4.78, 5) is 7.54. The van der Waals surface area contributed by atoms with Crippen molar-refractivity contribution in [1.82, 2.24) is 14.7 Å². The molecule has 1 fully saturated rings. The van der Waals surface area contributed by atoms with Crippen molar-refractivity contribution in [3.8, 4) is 0 Å². The number of hydrogen-bond donors (Lipinski definition) is 0. The van der Waals surface area contributed by atoms with Gasteiger partial charge in [0.1, 0.15) is 0 Å². The first-order valence-electron chi connectivity index (χ1n) is 7.70. The lowest BCUT2D eigenvalue weighted by atomic mass is 9.84.